The molecule has 0 unspecified atom stereocenters. The lowest BCUT2D eigenvalue weighted by Crippen LogP contribution is -2.28. The van der Waals surface area contributed by atoms with Gasteiger partial charge in [-0.3, -0.25) is 18.7 Å². The van der Waals surface area contributed by atoms with Gasteiger partial charge in [0.05, 0.1) is 6.61 Å². The number of hydrogen-bond acceptors (Lipinski definition) is 5. The summed E-state index contributed by atoms with van der Waals surface area (Å²) in [6, 6.07) is 7.81. The maximum atomic E-state index is 12.3. The van der Waals surface area contributed by atoms with Crippen molar-refractivity contribution in [1.29, 1.82) is 0 Å². The van der Waals surface area contributed by atoms with E-state index in [1.165, 1.54) is 4.57 Å². The van der Waals surface area contributed by atoms with Crippen LogP contribution in [0.4, 0.5) is 5.69 Å². The summed E-state index contributed by atoms with van der Waals surface area (Å²) in [5.74, 6) is 1.48. The zero-order valence-corrected chi connectivity index (χ0v) is 16.0. The highest BCUT2D eigenvalue weighted by Gasteiger charge is 2.17. The van der Waals surface area contributed by atoms with Crippen molar-refractivity contribution in [2.45, 2.75) is 20.4 Å². The predicted molar refractivity (Wildman–Crippen MR) is 107 cm³/mol. The number of aromatic nitrogens is 5. The Balaban J connectivity index is 1.60. The number of aryl methyl sites for hydroxylation is 2. The first kappa shape index (κ1) is 17.9. The van der Waals surface area contributed by atoms with Crippen LogP contribution in [0.2, 0.25) is 0 Å². The van der Waals surface area contributed by atoms with Crippen molar-refractivity contribution in [1.82, 2.24) is 23.5 Å². The number of aromatic amines is 1. The Morgan fingerprint density at radius 3 is 2.68 bits per heavy atom. The molecular formula is C19H22N6O3. The summed E-state index contributed by atoms with van der Waals surface area (Å²) in [5, 5.41) is 3.37. The number of nitrogens with zero attached hydrogens (tertiary/aromatic N) is 4. The number of hydrogen-bond donors (Lipinski definition) is 2. The van der Waals surface area contributed by atoms with Gasteiger partial charge in [0.1, 0.15) is 5.75 Å². The van der Waals surface area contributed by atoms with Crippen LogP contribution in [0.1, 0.15) is 12.6 Å². The number of imidazole rings is 2. The molecule has 9 nitrogen and oxygen atoms in total. The minimum absolute atomic E-state index is 0.372. The molecule has 0 spiro atoms. The quantitative estimate of drug-likeness (QED) is 0.527. The highest BCUT2D eigenvalue weighted by molar-refractivity contribution is 5.75. The van der Waals surface area contributed by atoms with Crippen LogP contribution >= 0.6 is 0 Å². The minimum atomic E-state index is -0.473. The molecule has 3 aromatic heterocycles. The molecule has 0 aliphatic heterocycles. The Labute approximate surface area is 160 Å². The van der Waals surface area contributed by atoms with Crippen LogP contribution in [0.25, 0.3) is 16.9 Å². The molecule has 0 atom stereocenters. The molecule has 4 rings (SSSR count). The lowest BCUT2D eigenvalue weighted by atomic mass is 10.3. The highest BCUT2D eigenvalue weighted by atomic mass is 16.5. The van der Waals surface area contributed by atoms with Crippen molar-refractivity contribution in [3.8, 4) is 5.75 Å². The van der Waals surface area contributed by atoms with Gasteiger partial charge >= 0.3 is 5.69 Å². The minimum Gasteiger partial charge on any atom is -0.494 e. The average Bonchev–Trinajstić information content (AvgIpc) is 3.18. The molecule has 0 aliphatic carbocycles. The summed E-state index contributed by atoms with van der Waals surface area (Å²) in [4.78, 5) is 31.0. The van der Waals surface area contributed by atoms with Crippen molar-refractivity contribution >= 4 is 22.6 Å². The molecule has 4 aromatic rings. The second-order valence-corrected chi connectivity index (χ2v) is 6.58. The summed E-state index contributed by atoms with van der Waals surface area (Å²) in [5.41, 5.74) is 1.81. The second-order valence-electron chi connectivity index (χ2n) is 6.58. The molecule has 0 aliphatic rings. The van der Waals surface area contributed by atoms with Gasteiger partial charge in [-0.25, -0.2) is 4.79 Å². The van der Waals surface area contributed by atoms with Crippen molar-refractivity contribution in [3.05, 3.63) is 57.0 Å². The van der Waals surface area contributed by atoms with Gasteiger partial charge in [0.25, 0.3) is 5.56 Å². The van der Waals surface area contributed by atoms with E-state index in [9.17, 15) is 9.59 Å². The van der Waals surface area contributed by atoms with Crippen molar-refractivity contribution in [2.24, 2.45) is 7.05 Å². The molecule has 0 radical (unpaired) electrons. The monoisotopic (exact) mass is 382 g/mol. The normalized spacial score (nSPS) is 11.4. The number of H-pyrrole nitrogens is 1. The maximum absolute atomic E-state index is 12.3. The van der Waals surface area contributed by atoms with Crippen LogP contribution in [0.3, 0.4) is 0 Å². The second kappa shape index (κ2) is 6.91. The third-order valence-corrected chi connectivity index (χ3v) is 4.74. The third-order valence-electron chi connectivity index (χ3n) is 4.74. The molecule has 1 aromatic carbocycles. The van der Waals surface area contributed by atoms with Gasteiger partial charge in [-0.1, -0.05) is 0 Å². The Hall–Kier alpha value is -3.49. The fourth-order valence-electron chi connectivity index (χ4n) is 3.34. The number of ether oxygens (including phenoxy) is 1. The number of benzene rings is 1. The molecular weight excluding hydrogens is 360 g/mol. The standard InChI is InChI=1S/C19H22N6O3/c1-4-28-14-7-5-13(6-8-14)20-9-10-24-12(2)11-25-15-16(21-18(24)25)23(3)19(27)22-17(15)26/h5-8,11,20H,4,9-10H2,1-3H3,(H,22,26,27). The Bertz CT molecular complexity index is 1260. The van der Waals surface area contributed by atoms with E-state index in [2.05, 4.69) is 15.3 Å². The number of nitrogens with one attached hydrogen (secondary N) is 2. The molecule has 2 N–H and O–H groups in total. The fourth-order valence-corrected chi connectivity index (χ4v) is 3.34. The van der Waals surface area contributed by atoms with E-state index in [1.54, 1.807) is 11.4 Å². The highest BCUT2D eigenvalue weighted by Crippen LogP contribution is 2.17. The Morgan fingerprint density at radius 2 is 1.96 bits per heavy atom. The van der Waals surface area contributed by atoms with Crippen LogP contribution in [-0.4, -0.2) is 36.7 Å². The Kier molecular flexibility index (Phi) is 4.42. The molecule has 3 heterocycles. The van der Waals surface area contributed by atoms with Gasteiger partial charge in [0.15, 0.2) is 11.2 Å². The van der Waals surface area contributed by atoms with Crippen LogP contribution in [0.5, 0.6) is 5.75 Å². The lowest BCUT2D eigenvalue weighted by molar-refractivity contribution is 0.340. The van der Waals surface area contributed by atoms with Gasteiger partial charge < -0.3 is 14.6 Å². The van der Waals surface area contributed by atoms with Crippen LogP contribution in [-0.2, 0) is 13.6 Å². The van der Waals surface area contributed by atoms with E-state index in [4.69, 9.17) is 4.74 Å². The molecule has 0 saturated carbocycles. The summed E-state index contributed by atoms with van der Waals surface area (Å²) in [6.07, 6.45) is 1.86. The Morgan fingerprint density at radius 1 is 1.21 bits per heavy atom. The van der Waals surface area contributed by atoms with Crippen molar-refractivity contribution in [3.63, 3.8) is 0 Å². The first-order valence-electron chi connectivity index (χ1n) is 9.13. The van der Waals surface area contributed by atoms with E-state index in [0.29, 0.717) is 36.6 Å². The smallest absolute Gasteiger partial charge is 0.329 e. The van der Waals surface area contributed by atoms with Crippen molar-refractivity contribution < 1.29 is 4.74 Å². The van der Waals surface area contributed by atoms with E-state index < -0.39 is 11.2 Å². The van der Waals surface area contributed by atoms with E-state index in [-0.39, 0.29) is 0 Å². The molecule has 0 bridgehead atoms. The first-order chi connectivity index (χ1) is 13.5. The molecule has 0 fully saturated rings. The average molecular weight is 382 g/mol. The number of anilines is 1. The van der Waals surface area contributed by atoms with Gasteiger partial charge in [-0.15, -0.1) is 0 Å². The lowest BCUT2D eigenvalue weighted by Gasteiger charge is -2.10. The van der Waals surface area contributed by atoms with Crippen LogP contribution in [0.15, 0.2) is 40.1 Å². The van der Waals surface area contributed by atoms with Crippen LogP contribution in [0, 0.1) is 6.92 Å². The van der Waals surface area contributed by atoms with E-state index >= 15 is 0 Å². The number of rotatable bonds is 6. The van der Waals surface area contributed by atoms with Crippen molar-refractivity contribution in [2.75, 3.05) is 18.5 Å². The molecule has 146 valence electrons. The summed E-state index contributed by atoms with van der Waals surface area (Å²) in [7, 11) is 1.59. The first-order valence-corrected chi connectivity index (χ1v) is 9.13. The third kappa shape index (κ3) is 2.94. The molecule has 28 heavy (non-hydrogen) atoms. The SMILES string of the molecule is CCOc1ccc(NCCn2c(C)cn3c4c(=O)[nH]c(=O)n(C)c4nc23)cc1. The molecule has 9 heteroatoms. The van der Waals surface area contributed by atoms with Gasteiger partial charge in [-0.05, 0) is 38.1 Å². The molecule has 0 saturated heterocycles. The number of fused-ring (bicyclic) bond motifs is 3. The van der Waals surface area contributed by atoms with Gasteiger partial charge in [-0.2, -0.15) is 4.98 Å². The molecule has 0 amide bonds. The largest absolute Gasteiger partial charge is 0.494 e. The summed E-state index contributed by atoms with van der Waals surface area (Å²) < 4.78 is 10.6. The topological polar surface area (TPSA) is 98.4 Å². The zero-order chi connectivity index (χ0) is 19.8. The zero-order valence-electron chi connectivity index (χ0n) is 16.0. The van der Waals surface area contributed by atoms with Crippen LogP contribution < -0.4 is 21.3 Å². The summed E-state index contributed by atoms with van der Waals surface area (Å²) in [6.45, 7) is 5.90. The fraction of sp³-hybridized carbons (Fsp3) is 0.316. The van der Waals surface area contributed by atoms with Gasteiger partial charge in [0, 0.05) is 37.7 Å². The summed E-state index contributed by atoms with van der Waals surface area (Å²) >= 11 is 0. The van der Waals surface area contributed by atoms with E-state index in [0.717, 1.165) is 17.1 Å². The predicted octanol–water partition coefficient (Wildman–Crippen LogP) is 1.50. The maximum Gasteiger partial charge on any atom is 0.329 e. The van der Waals surface area contributed by atoms with E-state index in [1.807, 2.05) is 48.9 Å². The van der Waals surface area contributed by atoms with Gasteiger partial charge in [0.2, 0.25) is 5.78 Å².